The van der Waals surface area contributed by atoms with E-state index in [0.717, 1.165) is 11.6 Å². The molecule has 0 saturated carbocycles. The molecule has 0 N–H and O–H groups in total. The predicted molar refractivity (Wildman–Crippen MR) is 53.7 cm³/mol. The van der Waals surface area contributed by atoms with E-state index in [1.807, 2.05) is 30.3 Å². The van der Waals surface area contributed by atoms with Crippen LogP contribution in [-0.2, 0) is 16.1 Å². The highest BCUT2D eigenvalue weighted by Crippen LogP contribution is 2.00. The Morgan fingerprint density at radius 1 is 1.38 bits per heavy atom. The molecule has 0 radical (unpaired) electrons. The van der Waals surface area contributed by atoms with Gasteiger partial charge < -0.3 is 4.74 Å². The Labute approximate surface area is 83.6 Å². The highest BCUT2D eigenvalue weighted by Gasteiger charge is 1.95. The molecule has 2 nitrogen and oxygen atoms in total. The van der Waals surface area contributed by atoms with E-state index in [9.17, 15) is 4.79 Å². The Morgan fingerprint density at radius 2 is 2.00 bits per heavy atom. The van der Waals surface area contributed by atoms with Crippen molar-refractivity contribution in [2.45, 2.75) is 6.61 Å². The smallest absolute Gasteiger partial charge is 0.330 e. The van der Waals surface area contributed by atoms with Gasteiger partial charge in [-0.25, -0.2) is 4.79 Å². The van der Waals surface area contributed by atoms with Crippen molar-refractivity contribution in [3.63, 3.8) is 0 Å². The SMILES string of the molecule is C=CC(=O)OCc1ccccc1.Cl. The van der Waals surface area contributed by atoms with E-state index in [1.54, 1.807) is 0 Å². The van der Waals surface area contributed by atoms with Gasteiger partial charge in [0.05, 0.1) is 0 Å². The van der Waals surface area contributed by atoms with Crippen LogP contribution in [0.2, 0.25) is 0 Å². The van der Waals surface area contributed by atoms with Crippen molar-refractivity contribution in [2.24, 2.45) is 0 Å². The molecule has 0 aliphatic rings. The molecule has 0 aliphatic heterocycles. The summed E-state index contributed by atoms with van der Waals surface area (Å²) in [5, 5.41) is 0. The van der Waals surface area contributed by atoms with Crippen LogP contribution < -0.4 is 0 Å². The van der Waals surface area contributed by atoms with Gasteiger partial charge in [0.25, 0.3) is 0 Å². The molecule has 1 aromatic carbocycles. The Kier molecular flexibility index (Phi) is 5.64. The number of carbonyl (C=O) groups is 1. The quantitative estimate of drug-likeness (QED) is 0.551. The largest absolute Gasteiger partial charge is 0.458 e. The van der Waals surface area contributed by atoms with Crippen molar-refractivity contribution in [2.75, 3.05) is 0 Å². The molecule has 0 unspecified atom stereocenters. The zero-order chi connectivity index (χ0) is 8.81. The highest BCUT2D eigenvalue weighted by atomic mass is 35.5. The van der Waals surface area contributed by atoms with Gasteiger partial charge in [0, 0.05) is 6.08 Å². The van der Waals surface area contributed by atoms with Gasteiger partial charge in [-0.15, -0.1) is 12.4 Å². The summed E-state index contributed by atoms with van der Waals surface area (Å²) < 4.78 is 4.82. The number of hydrogen-bond donors (Lipinski definition) is 0. The maximum Gasteiger partial charge on any atom is 0.330 e. The first kappa shape index (κ1) is 11.7. The lowest BCUT2D eigenvalue weighted by atomic mass is 10.2. The van der Waals surface area contributed by atoms with E-state index in [1.165, 1.54) is 0 Å². The fourth-order valence-electron chi connectivity index (χ4n) is 0.788. The molecule has 70 valence electrons. The minimum atomic E-state index is -0.390. The average molecular weight is 199 g/mol. The average Bonchev–Trinajstić information content (AvgIpc) is 2.16. The molecule has 0 saturated heterocycles. The third-order valence-electron chi connectivity index (χ3n) is 1.39. The molecule has 0 aromatic heterocycles. The highest BCUT2D eigenvalue weighted by molar-refractivity contribution is 5.85. The molecule has 0 spiro atoms. The summed E-state index contributed by atoms with van der Waals surface area (Å²) in [6.07, 6.45) is 1.16. The van der Waals surface area contributed by atoms with Crippen molar-refractivity contribution < 1.29 is 9.53 Å². The van der Waals surface area contributed by atoms with Crippen LogP contribution in [0.5, 0.6) is 0 Å². The molecule has 3 heteroatoms. The van der Waals surface area contributed by atoms with Gasteiger partial charge >= 0.3 is 5.97 Å². The first-order valence-electron chi connectivity index (χ1n) is 3.66. The summed E-state index contributed by atoms with van der Waals surface area (Å²) in [5.74, 6) is -0.390. The normalized spacial score (nSPS) is 8.31. The predicted octanol–water partition coefficient (Wildman–Crippen LogP) is 2.34. The van der Waals surface area contributed by atoms with Crippen molar-refractivity contribution in [1.29, 1.82) is 0 Å². The van der Waals surface area contributed by atoms with E-state index >= 15 is 0 Å². The summed E-state index contributed by atoms with van der Waals surface area (Å²) >= 11 is 0. The first-order valence-corrected chi connectivity index (χ1v) is 3.66. The number of ether oxygens (including phenoxy) is 1. The molecule has 1 rings (SSSR count). The number of hydrogen-bond acceptors (Lipinski definition) is 2. The maximum absolute atomic E-state index is 10.6. The standard InChI is InChI=1S/C10H10O2.ClH/c1-2-10(11)12-8-9-6-4-3-5-7-9;/h2-7H,1,8H2;1H. The van der Waals surface area contributed by atoms with E-state index in [2.05, 4.69) is 6.58 Å². The topological polar surface area (TPSA) is 26.3 Å². The second-order valence-electron chi connectivity index (χ2n) is 2.30. The van der Waals surface area contributed by atoms with Crippen LogP contribution >= 0.6 is 12.4 Å². The molecular weight excluding hydrogens is 188 g/mol. The van der Waals surface area contributed by atoms with E-state index < -0.39 is 0 Å². The lowest BCUT2D eigenvalue weighted by Gasteiger charge is -2.00. The van der Waals surface area contributed by atoms with Gasteiger partial charge in [0.2, 0.25) is 0 Å². The Balaban J connectivity index is 0.00000144. The zero-order valence-electron chi connectivity index (χ0n) is 7.10. The number of halogens is 1. The van der Waals surface area contributed by atoms with Crippen molar-refractivity contribution in [3.8, 4) is 0 Å². The number of rotatable bonds is 3. The van der Waals surface area contributed by atoms with Gasteiger partial charge in [-0.05, 0) is 5.56 Å². The van der Waals surface area contributed by atoms with Crippen LogP contribution in [0, 0.1) is 0 Å². The first-order chi connectivity index (χ1) is 5.83. The number of carbonyl (C=O) groups excluding carboxylic acids is 1. The van der Waals surface area contributed by atoms with Gasteiger partial charge in [0.15, 0.2) is 0 Å². The molecule has 0 fully saturated rings. The Morgan fingerprint density at radius 3 is 2.54 bits per heavy atom. The van der Waals surface area contributed by atoms with Crippen LogP contribution in [0.3, 0.4) is 0 Å². The third-order valence-corrected chi connectivity index (χ3v) is 1.39. The Bertz CT molecular complexity index is 270. The van der Waals surface area contributed by atoms with Crippen LogP contribution in [-0.4, -0.2) is 5.97 Å². The summed E-state index contributed by atoms with van der Waals surface area (Å²) in [7, 11) is 0. The molecule has 0 heterocycles. The fourth-order valence-corrected chi connectivity index (χ4v) is 0.788. The van der Waals surface area contributed by atoms with Gasteiger partial charge in [-0.1, -0.05) is 36.9 Å². The van der Waals surface area contributed by atoms with Crippen molar-refractivity contribution in [3.05, 3.63) is 48.6 Å². The maximum atomic E-state index is 10.6. The summed E-state index contributed by atoms with van der Waals surface area (Å²) in [6.45, 7) is 3.61. The lowest BCUT2D eigenvalue weighted by molar-refractivity contribution is -0.138. The number of esters is 1. The van der Waals surface area contributed by atoms with Crippen LogP contribution in [0.25, 0.3) is 0 Å². The third kappa shape index (κ3) is 4.33. The lowest BCUT2D eigenvalue weighted by Crippen LogP contribution is -1.99. The van der Waals surface area contributed by atoms with Gasteiger partial charge in [-0.2, -0.15) is 0 Å². The van der Waals surface area contributed by atoms with E-state index in [4.69, 9.17) is 4.74 Å². The molecule has 13 heavy (non-hydrogen) atoms. The molecular formula is C10H11ClO2. The van der Waals surface area contributed by atoms with E-state index in [0.29, 0.717) is 6.61 Å². The molecule has 0 bridgehead atoms. The summed E-state index contributed by atoms with van der Waals surface area (Å²) in [6, 6.07) is 9.51. The molecule has 0 aliphatic carbocycles. The van der Waals surface area contributed by atoms with Crippen LogP contribution in [0.4, 0.5) is 0 Å². The fraction of sp³-hybridized carbons (Fsp3) is 0.100. The summed E-state index contributed by atoms with van der Waals surface area (Å²) in [4.78, 5) is 10.6. The van der Waals surface area contributed by atoms with Crippen LogP contribution in [0.1, 0.15) is 5.56 Å². The second kappa shape index (κ2) is 6.26. The van der Waals surface area contributed by atoms with Crippen molar-refractivity contribution in [1.82, 2.24) is 0 Å². The Hall–Kier alpha value is -1.28. The van der Waals surface area contributed by atoms with E-state index in [-0.39, 0.29) is 18.4 Å². The minimum absolute atomic E-state index is 0. The monoisotopic (exact) mass is 198 g/mol. The summed E-state index contributed by atoms with van der Waals surface area (Å²) in [5.41, 5.74) is 0.979. The van der Waals surface area contributed by atoms with Gasteiger partial charge in [-0.3, -0.25) is 0 Å². The minimum Gasteiger partial charge on any atom is -0.458 e. The van der Waals surface area contributed by atoms with Crippen molar-refractivity contribution >= 4 is 18.4 Å². The van der Waals surface area contributed by atoms with Gasteiger partial charge in [0.1, 0.15) is 6.61 Å². The van der Waals surface area contributed by atoms with Crippen LogP contribution in [0.15, 0.2) is 43.0 Å². The number of benzene rings is 1. The second-order valence-corrected chi connectivity index (χ2v) is 2.30. The zero-order valence-corrected chi connectivity index (χ0v) is 7.92. The molecule has 0 amide bonds. The molecule has 0 atom stereocenters. The molecule has 1 aromatic rings.